The highest BCUT2D eigenvalue weighted by Crippen LogP contribution is 2.20. The zero-order chi connectivity index (χ0) is 11.5. The molecule has 0 aliphatic rings. The van der Waals surface area contributed by atoms with Gasteiger partial charge >= 0.3 is 0 Å². The summed E-state index contributed by atoms with van der Waals surface area (Å²) in [6.07, 6.45) is 2.90. The molecule has 0 aliphatic heterocycles. The van der Waals surface area contributed by atoms with Crippen LogP contribution >= 0.6 is 11.6 Å². The molecule has 1 aromatic heterocycles. The fraction of sp³-hybridized carbons (Fsp3) is 0.0909. The quantitative estimate of drug-likeness (QED) is 0.871. The molecule has 0 radical (unpaired) electrons. The molecule has 0 aliphatic carbocycles. The van der Waals surface area contributed by atoms with Gasteiger partial charge in [-0.3, -0.25) is 4.98 Å². The highest BCUT2D eigenvalue weighted by atomic mass is 35.5. The van der Waals surface area contributed by atoms with Crippen molar-refractivity contribution in [2.75, 3.05) is 5.32 Å². The van der Waals surface area contributed by atoms with Crippen molar-refractivity contribution in [1.29, 1.82) is 0 Å². The van der Waals surface area contributed by atoms with Crippen molar-refractivity contribution in [3.63, 3.8) is 0 Å². The van der Waals surface area contributed by atoms with E-state index in [-0.39, 0.29) is 11.0 Å². The average molecular weight is 238 g/mol. The van der Waals surface area contributed by atoms with Crippen molar-refractivity contribution in [2.24, 2.45) is 0 Å². The molecule has 1 aromatic carbocycles. The second-order valence-electron chi connectivity index (χ2n) is 3.34. The molecule has 0 unspecified atom stereocenters. The lowest BCUT2D eigenvalue weighted by Gasteiger charge is -2.07. The summed E-state index contributed by atoms with van der Waals surface area (Å²) in [5.41, 5.74) is 1.32. The molecule has 0 bridgehead atoms. The van der Waals surface area contributed by atoms with E-state index in [1.54, 1.807) is 12.1 Å². The number of nitrogens with one attached hydrogen (secondary N) is 1. The van der Waals surface area contributed by atoms with Crippen LogP contribution < -0.4 is 5.32 Å². The Morgan fingerprint density at radius 3 is 2.88 bits per heavy atom. The number of hydrogen-bond acceptors (Lipinski definition) is 3. The third-order valence-electron chi connectivity index (χ3n) is 1.99. The smallest absolute Gasteiger partial charge is 0.150 e. The van der Waals surface area contributed by atoms with Crippen LogP contribution in [0.15, 0.2) is 30.6 Å². The van der Waals surface area contributed by atoms with Crippen LogP contribution in [0.4, 0.5) is 15.9 Å². The van der Waals surface area contributed by atoms with E-state index < -0.39 is 0 Å². The van der Waals surface area contributed by atoms with Crippen molar-refractivity contribution in [2.45, 2.75) is 6.92 Å². The normalized spacial score (nSPS) is 10.2. The van der Waals surface area contributed by atoms with E-state index in [4.69, 9.17) is 11.6 Å². The summed E-state index contributed by atoms with van der Waals surface area (Å²) in [7, 11) is 0. The first kappa shape index (κ1) is 10.8. The van der Waals surface area contributed by atoms with Crippen LogP contribution in [-0.2, 0) is 0 Å². The van der Waals surface area contributed by atoms with Crippen LogP contribution in [0.25, 0.3) is 0 Å². The Bertz CT molecular complexity index is 516. The predicted molar refractivity (Wildman–Crippen MR) is 61.5 cm³/mol. The number of anilines is 2. The van der Waals surface area contributed by atoms with Crippen LogP contribution in [0.2, 0.25) is 5.15 Å². The van der Waals surface area contributed by atoms with E-state index in [1.165, 1.54) is 18.5 Å². The molecule has 0 saturated carbocycles. The molecule has 2 rings (SSSR count). The second-order valence-corrected chi connectivity index (χ2v) is 3.72. The average Bonchev–Trinajstić information content (AvgIpc) is 2.24. The van der Waals surface area contributed by atoms with E-state index in [0.717, 1.165) is 5.56 Å². The standard InChI is InChI=1S/C11H9ClFN3/c1-7-2-3-8(13)9(4-7)15-11-6-14-5-10(12)16-11/h2-6H,1H3,(H,15,16). The molecule has 1 heterocycles. The molecule has 5 heteroatoms. The number of aromatic nitrogens is 2. The summed E-state index contributed by atoms with van der Waals surface area (Å²) in [6.45, 7) is 1.88. The third-order valence-corrected chi connectivity index (χ3v) is 2.17. The minimum atomic E-state index is -0.340. The first-order chi connectivity index (χ1) is 7.65. The van der Waals surface area contributed by atoms with Gasteiger partial charge in [-0.05, 0) is 24.6 Å². The van der Waals surface area contributed by atoms with Crippen LogP contribution in [0.3, 0.4) is 0 Å². The number of halogens is 2. The molecule has 0 spiro atoms. The van der Waals surface area contributed by atoms with E-state index in [2.05, 4.69) is 15.3 Å². The molecular formula is C11H9ClFN3. The van der Waals surface area contributed by atoms with E-state index in [9.17, 15) is 4.39 Å². The summed E-state index contributed by atoms with van der Waals surface area (Å²) in [5.74, 6) is 0.0735. The monoisotopic (exact) mass is 237 g/mol. The third kappa shape index (κ3) is 2.46. The van der Waals surface area contributed by atoms with Crippen molar-refractivity contribution in [3.05, 3.63) is 47.1 Å². The Labute approximate surface area is 97.3 Å². The summed E-state index contributed by atoms with van der Waals surface area (Å²) in [4.78, 5) is 7.82. The molecule has 0 amide bonds. The maximum Gasteiger partial charge on any atom is 0.150 e. The lowest BCUT2D eigenvalue weighted by atomic mass is 10.2. The van der Waals surface area contributed by atoms with Gasteiger partial charge in [-0.25, -0.2) is 9.37 Å². The number of hydrogen-bond donors (Lipinski definition) is 1. The van der Waals surface area contributed by atoms with Gasteiger partial charge in [0.05, 0.1) is 18.1 Å². The van der Waals surface area contributed by atoms with Crippen LogP contribution in [-0.4, -0.2) is 9.97 Å². The van der Waals surface area contributed by atoms with Gasteiger partial charge in [0.25, 0.3) is 0 Å². The maximum absolute atomic E-state index is 13.4. The highest BCUT2D eigenvalue weighted by Gasteiger charge is 2.03. The zero-order valence-corrected chi connectivity index (χ0v) is 9.29. The first-order valence-electron chi connectivity index (χ1n) is 4.66. The van der Waals surface area contributed by atoms with Crippen LogP contribution in [0, 0.1) is 12.7 Å². The van der Waals surface area contributed by atoms with Gasteiger partial charge in [-0.2, -0.15) is 0 Å². The minimum absolute atomic E-state index is 0.262. The van der Waals surface area contributed by atoms with Crippen LogP contribution in [0.1, 0.15) is 5.56 Å². The summed E-state index contributed by atoms with van der Waals surface area (Å²) in [6, 6.07) is 4.79. The Hall–Kier alpha value is -1.68. The Kier molecular flexibility index (Phi) is 3.01. The molecule has 0 fully saturated rings. The van der Waals surface area contributed by atoms with Gasteiger partial charge in [0.1, 0.15) is 11.0 Å². The minimum Gasteiger partial charge on any atom is -0.336 e. The Balaban J connectivity index is 2.30. The van der Waals surface area contributed by atoms with Gasteiger partial charge < -0.3 is 5.32 Å². The van der Waals surface area contributed by atoms with Crippen molar-refractivity contribution >= 4 is 23.1 Å². The van der Waals surface area contributed by atoms with Crippen LogP contribution in [0.5, 0.6) is 0 Å². The summed E-state index contributed by atoms with van der Waals surface area (Å²) in [5, 5.41) is 3.08. The molecule has 1 N–H and O–H groups in total. The van der Waals surface area contributed by atoms with E-state index in [1.807, 2.05) is 6.92 Å². The Morgan fingerprint density at radius 1 is 1.31 bits per heavy atom. The largest absolute Gasteiger partial charge is 0.336 e. The van der Waals surface area contributed by atoms with E-state index in [0.29, 0.717) is 11.5 Å². The van der Waals surface area contributed by atoms with Gasteiger partial charge in [-0.1, -0.05) is 17.7 Å². The maximum atomic E-state index is 13.4. The van der Waals surface area contributed by atoms with E-state index >= 15 is 0 Å². The lowest BCUT2D eigenvalue weighted by molar-refractivity contribution is 0.631. The fourth-order valence-electron chi connectivity index (χ4n) is 1.28. The summed E-state index contributed by atoms with van der Waals surface area (Å²) >= 11 is 5.67. The zero-order valence-electron chi connectivity index (χ0n) is 8.54. The molecule has 0 atom stereocenters. The molecular weight excluding hydrogens is 229 g/mol. The Morgan fingerprint density at radius 2 is 2.12 bits per heavy atom. The van der Waals surface area contributed by atoms with Crippen molar-refractivity contribution < 1.29 is 4.39 Å². The van der Waals surface area contributed by atoms with Crippen molar-refractivity contribution in [3.8, 4) is 0 Å². The molecule has 16 heavy (non-hydrogen) atoms. The molecule has 3 nitrogen and oxygen atoms in total. The number of aryl methyl sites for hydroxylation is 1. The summed E-state index contributed by atoms with van der Waals surface area (Å²) < 4.78 is 13.4. The molecule has 82 valence electrons. The number of nitrogens with zero attached hydrogens (tertiary/aromatic N) is 2. The number of benzene rings is 1. The number of rotatable bonds is 2. The highest BCUT2D eigenvalue weighted by molar-refractivity contribution is 6.29. The van der Waals surface area contributed by atoms with Gasteiger partial charge in [-0.15, -0.1) is 0 Å². The van der Waals surface area contributed by atoms with Gasteiger partial charge in [0, 0.05) is 0 Å². The SMILES string of the molecule is Cc1ccc(F)c(Nc2cncc(Cl)n2)c1. The lowest BCUT2D eigenvalue weighted by Crippen LogP contribution is -1.97. The first-order valence-corrected chi connectivity index (χ1v) is 5.03. The van der Waals surface area contributed by atoms with Gasteiger partial charge in [0.15, 0.2) is 5.82 Å². The molecule has 2 aromatic rings. The molecule has 0 saturated heterocycles. The van der Waals surface area contributed by atoms with Gasteiger partial charge in [0.2, 0.25) is 0 Å². The second kappa shape index (κ2) is 4.45. The fourth-order valence-corrected chi connectivity index (χ4v) is 1.42. The topological polar surface area (TPSA) is 37.8 Å². The van der Waals surface area contributed by atoms with Crippen molar-refractivity contribution in [1.82, 2.24) is 9.97 Å². The predicted octanol–water partition coefficient (Wildman–Crippen LogP) is 3.32.